The molecule has 24 heavy (non-hydrogen) atoms. The molecule has 2 aromatic rings. The van der Waals surface area contributed by atoms with Crippen molar-refractivity contribution < 1.29 is 9.59 Å². The van der Waals surface area contributed by atoms with Crippen molar-refractivity contribution in [3.8, 4) is 6.07 Å². The number of nitriles is 1. The summed E-state index contributed by atoms with van der Waals surface area (Å²) < 4.78 is 0. The Morgan fingerprint density at radius 2 is 1.79 bits per heavy atom. The number of amides is 2. The van der Waals surface area contributed by atoms with Crippen LogP contribution in [-0.2, 0) is 4.79 Å². The number of carbonyl (C=O) groups is 2. The van der Waals surface area contributed by atoms with Gasteiger partial charge in [-0.3, -0.25) is 9.59 Å². The molecule has 0 heterocycles. The van der Waals surface area contributed by atoms with Crippen molar-refractivity contribution in [1.82, 2.24) is 4.90 Å². The van der Waals surface area contributed by atoms with Crippen molar-refractivity contribution in [3.63, 3.8) is 0 Å². The summed E-state index contributed by atoms with van der Waals surface area (Å²) >= 11 is 0. The molecular weight excluding hydrogens is 304 g/mol. The van der Waals surface area contributed by atoms with Crippen molar-refractivity contribution in [2.24, 2.45) is 0 Å². The molecule has 0 bridgehead atoms. The first-order chi connectivity index (χ1) is 11.5. The number of hydrogen-bond acceptors (Lipinski definition) is 4. The molecule has 0 aliphatic carbocycles. The Labute approximate surface area is 140 Å². The van der Waals surface area contributed by atoms with Gasteiger partial charge in [0.2, 0.25) is 5.91 Å². The molecular formula is C18H18N4O2. The van der Waals surface area contributed by atoms with E-state index in [2.05, 4.69) is 10.6 Å². The van der Waals surface area contributed by atoms with E-state index in [-0.39, 0.29) is 18.4 Å². The molecule has 0 saturated heterocycles. The second-order valence-electron chi connectivity index (χ2n) is 5.37. The Morgan fingerprint density at radius 1 is 1.08 bits per heavy atom. The monoisotopic (exact) mass is 322 g/mol. The van der Waals surface area contributed by atoms with E-state index in [0.29, 0.717) is 22.5 Å². The lowest BCUT2D eigenvalue weighted by molar-refractivity contribution is -0.114. The van der Waals surface area contributed by atoms with Crippen LogP contribution < -0.4 is 10.6 Å². The molecule has 0 spiro atoms. The summed E-state index contributed by atoms with van der Waals surface area (Å²) in [6.45, 7) is 0.0563. The third kappa shape index (κ3) is 4.58. The Morgan fingerprint density at radius 3 is 2.50 bits per heavy atom. The molecule has 0 atom stereocenters. The second-order valence-corrected chi connectivity index (χ2v) is 5.37. The average molecular weight is 322 g/mol. The van der Waals surface area contributed by atoms with Gasteiger partial charge in [-0.05, 0) is 36.4 Å². The van der Waals surface area contributed by atoms with E-state index in [9.17, 15) is 9.59 Å². The summed E-state index contributed by atoms with van der Waals surface area (Å²) in [5, 5.41) is 14.6. The predicted molar refractivity (Wildman–Crippen MR) is 92.7 cm³/mol. The zero-order valence-electron chi connectivity index (χ0n) is 13.5. The topological polar surface area (TPSA) is 85.2 Å². The summed E-state index contributed by atoms with van der Waals surface area (Å²) in [5.41, 5.74) is 2.28. The van der Waals surface area contributed by atoms with Crippen LogP contribution in [0.25, 0.3) is 0 Å². The van der Waals surface area contributed by atoms with Gasteiger partial charge in [-0.1, -0.05) is 12.1 Å². The fraction of sp³-hybridized carbons (Fsp3) is 0.167. The van der Waals surface area contributed by atoms with E-state index in [1.165, 1.54) is 4.90 Å². The lowest BCUT2D eigenvalue weighted by Crippen LogP contribution is -2.23. The van der Waals surface area contributed by atoms with Gasteiger partial charge in [0.15, 0.2) is 0 Å². The molecule has 0 fully saturated rings. The minimum atomic E-state index is -0.244. The quantitative estimate of drug-likeness (QED) is 0.884. The first kappa shape index (κ1) is 17.0. The first-order valence-electron chi connectivity index (χ1n) is 7.35. The fourth-order valence-corrected chi connectivity index (χ4v) is 2.07. The van der Waals surface area contributed by atoms with Crippen molar-refractivity contribution in [2.75, 3.05) is 31.3 Å². The maximum absolute atomic E-state index is 12.0. The smallest absolute Gasteiger partial charge is 0.253 e. The van der Waals surface area contributed by atoms with Crippen molar-refractivity contribution in [3.05, 3.63) is 59.7 Å². The van der Waals surface area contributed by atoms with Gasteiger partial charge in [0.1, 0.15) is 0 Å². The van der Waals surface area contributed by atoms with Crippen LogP contribution in [0.5, 0.6) is 0 Å². The highest BCUT2D eigenvalue weighted by Crippen LogP contribution is 2.13. The highest BCUT2D eigenvalue weighted by molar-refractivity contribution is 5.97. The lowest BCUT2D eigenvalue weighted by atomic mass is 10.2. The van der Waals surface area contributed by atoms with E-state index in [1.807, 2.05) is 6.07 Å². The van der Waals surface area contributed by atoms with Gasteiger partial charge < -0.3 is 15.5 Å². The zero-order chi connectivity index (χ0) is 17.5. The Bertz CT molecular complexity index is 794. The van der Waals surface area contributed by atoms with E-state index in [0.717, 1.165) is 0 Å². The van der Waals surface area contributed by atoms with Crippen molar-refractivity contribution >= 4 is 23.2 Å². The molecule has 6 heteroatoms. The van der Waals surface area contributed by atoms with Gasteiger partial charge in [-0.2, -0.15) is 5.26 Å². The number of rotatable bonds is 5. The molecule has 0 aliphatic heterocycles. The molecule has 0 aromatic heterocycles. The van der Waals surface area contributed by atoms with Crippen molar-refractivity contribution in [2.45, 2.75) is 0 Å². The number of anilines is 2. The predicted octanol–water partition coefficient (Wildman–Crippen LogP) is 2.31. The average Bonchev–Trinajstić information content (AvgIpc) is 2.59. The van der Waals surface area contributed by atoms with Gasteiger partial charge >= 0.3 is 0 Å². The minimum absolute atomic E-state index is 0.0563. The van der Waals surface area contributed by atoms with Crippen molar-refractivity contribution in [1.29, 1.82) is 5.26 Å². The van der Waals surface area contributed by atoms with Crippen LogP contribution in [-0.4, -0.2) is 37.4 Å². The number of nitrogens with one attached hydrogen (secondary N) is 2. The molecule has 2 rings (SSSR count). The molecule has 2 aromatic carbocycles. The first-order valence-corrected chi connectivity index (χ1v) is 7.35. The Hall–Kier alpha value is -3.33. The zero-order valence-corrected chi connectivity index (χ0v) is 13.5. The molecule has 0 radical (unpaired) electrons. The van der Waals surface area contributed by atoms with Crippen LogP contribution in [0.1, 0.15) is 15.9 Å². The van der Waals surface area contributed by atoms with Gasteiger partial charge in [0, 0.05) is 31.0 Å². The number of nitrogens with zero attached hydrogens (tertiary/aromatic N) is 2. The summed E-state index contributed by atoms with van der Waals surface area (Å²) in [4.78, 5) is 25.4. The highest BCUT2D eigenvalue weighted by Gasteiger charge is 2.09. The number of hydrogen-bond donors (Lipinski definition) is 2. The summed E-state index contributed by atoms with van der Waals surface area (Å²) in [6, 6.07) is 15.7. The SMILES string of the molecule is CN(C)C(=O)c1cccc(NC(=O)CNc2cccc(C#N)c2)c1. The molecule has 0 saturated carbocycles. The van der Waals surface area contributed by atoms with Crippen LogP contribution in [0.15, 0.2) is 48.5 Å². The van der Waals surface area contributed by atoms with Gasteiger partial charge in [-0.25, -0.2) is 0 Å². The molecule has 2 N–H and O–H groups in total. The van der Waals surface area contributed by atoms with Gasteiger partial charge in [-0.15, -0.1) is 0 Å². The minimum Gasteiger partial charge on any atom is -0.376 e. The summed E-state index contributed by atoms with van der Waals surface area (Å²) in [7, 11) is 3.35. The van der Waals surface area contributed by atoms with E-state index < -0.39 is 0 Å². The van der Waals surface area contributed by atoms with E-state index in [1.54, 1.807) is 62.6 Å². The molecule has 6 nitrogen and oxygen atoms in total. The molecule has 2 amide bonds. The normalized spacial score (nSPS) is 9.71. The number of benzene rings is 2. The summed E-state index contributed by atoms with van der Waals surface area (Å²) in [5.74, 6) is -0.371. The Kier molecular flexibility index (Phi) is 5.53. The van der Waals surface area contributed by atoms with Crippen LogP contribution in [0.3, 0.4) is 0 Å². The fourth-order valence-electron chi connectivity index (χ4n) is 2.07. The van der Waals surface area contributed by atoms with Gasteiger partial charge in [0.25, 0.3) is 5.91 Å². The standard InChI is InChI=1S/C18H18N4O2/c1-22(2)18(24)14-6-4-8-16(10-14)21-17(23)12-20-15-7-3-5-13(9-15)11-19/h3-10,20H,12H2,1-2H3,(H,21,23). The lowest BCUT2D eigenvalue weighted by Gasteiger charge is -2.12. The number of carbonyl (C=O) groups excluding carboxylic acids is 2. The van der Waals surface area contributed by atoms with Crippen LogP contribution in [0.2, 0.25) is 0 Å². The largest absolute Gasteiger partial charge is 0.376 e. The van der Waals surface area contributed by atoms with Gasteiger partial charge in [0.05, 0.1) is 18.2 Å². The van der Waals surface area contributed by atoms with Crippen LogP contribution >= 0.6 is 0 Å². The molecule has 0 aliphatic rings. The highest BCUT2D eigenvalue weighted by atomic mass is 16.2. The van der Waals surface area contributed by atoms with E-state index in [4.69, 9.17) is 5.26 Å². The third-order valence-electron chi connectivity index (χ3n) is 3.24. The molecule has 0 unspecified atom stereocenters. The van der Waals surface area contributed by atoms with Crippen LogP contribution in [0, 0.1) is 11.3 Å². The maximum Gasteiger partial charge on any atom is 0.253 e. The van der Waals surface area contributed by atoms with E-state index >= 15 is 0 Å². The third-order valence-corrected chi connectivity index (χ3v) is 3.24. The maximum atomic E-state index is 12.0. The molecule has 122 valence electrons. The summed E-state index contributed by atoms with van der Waals surface area (Å²) in [6.07, 6.45) is 0. The Balaban J connectivity index is 1.96. The van der Waals surface area contributed by atoms with Crippen LogP contribution in [0.4, 0.5) is 11.4 Å². The second kappa shape index (κ2) is 7.79.